The molecule has 0 atom stereocenters. The molecule has 3 nitrogen and oxygen atoms in total. The highest BCUT2D eigenvalue weighted by Gasteiger charge is 2.27. The zero-order valence-corrected chi connectivity index (χ0v) is 12.0. The molecule has 0 N–H and O–H groups in total. The van der Waals surface area contributed by atoms with Crippen molar-refractivity contribution in [3.63, 3.8) is 0 Å². The van der Waals surface area contributed by atoms with Crippen LogP contribution in [0.3, 0.4) is 0 Å². The number of carbonyl (C=O) groups is 2. The Morgan fingerprint density at radius 2 is 1.83 bits per heavy atom. The minimum Gasteiger partial charge on any atom is -0.343 e. The molecule has 0 aromatic heterocycles. The molecule has 4 heteroatoms. The second kappa shape index (κ2) is 6.60. The third kappa shape index (κ3) is 3.74. The van der Waals surface area contributed by atoms with Crippen LogP contribution < -0.4 is 0 Å². The van der Waals surface area contributed by atoms with Crippen molar-refractivity contribution in [2.24, 2.45) is 5.92 Å². The van der Waals surface area contributed by atoms with Crippen LogP contribution in [0.15, 0.2) is 0 Å². The average molecular weight is 269 g/mol. The molecule has 2 rings (SSSR count). The zero-order chi connectivity index (χ0) is 13.0. The van der Waals surface area contributed by atoms with E-state index in [1.54, 1.807) is 0 Å². The summed E-state index contributed by atoms with van der Waals surface area (Å²) in [5.41, 5.74) is 0. The van der Waals surface area contributed by atoms with Crippen molar-refractivity contribution in [2.45, 2.75) is 51.0 Å². The van der Waals surface area contributed by atoms with Crippen LogP contribution >= 0.6 is 11.8 Å². The van der Waals surface area contributed by atoms with Crippen molar-refractivity contribution < 1.29 is 9.59 Å². The highest BCUT2D eigenvalue weighted by molar-refractivity contribution is 7.99. The van der Waals surface area contributed by atoms with E-state index < -0.39 is 0 Å². The first-order valence-electron chi connectivity index (χ1n) is 7.02. The quantitative estimate of drug-likeness (QED) is 0.790. The largest absolute Gasteiger partial charge is 0.343 e. The van der Waals surface area contributed by atoms with Gasteiger partial charge in [-0.2, -0.15) is 11.8 Å². The van der Waals surface area contributed by atoms with E-state index in [4.69, 9.17) is 0 Å². The van der Waals surface area contributed by atoms with Gasteiger partial charge in [0, 0.05) is 32.4 Å². The van der Waals surface area contributed by atoms with Crippen LogP contribution in [0.25, 0.3) is 0 Å². The fourth-order valence-electron chi connectivity index (χ4n) is 2.86. The third-order valence-electron chi connectivity index (χ3n) is 4.26. The normalized spacial score (nSPS) is 23.1. The van der Waals surface area contributed by atoms with Gasteiger partial charge in [0.15, 0.2) is 0 Å². The van der Waals surface area contributed by atoms with E-state index in [0.29, 0.717) is 37.0 Å². The van der Waals surface area contributed by atoms with Gasteiger partial charge in [0.1, 0.15) is 5.78 Å². The van der Waals surface area contributed by atoms with Crippen molar-refractivity contribution >= 4 is 23.5 Å². The maximum absolute atomic E-state index is 12.2. The van der Waals surface area contributed by atoms with Gasteiger partial charge in [-0.25, -0.2) is 0 Å². The molecule has 0 unspecified atom stereocenters. The van der Waals surface area contributed by atoms with Crippen LogP contribution in [0.2, 0.25) is 0 Å². The topological polar surface area (TPSA) is 37.4 Å². The molecule has 1 amide bonds. The van der Waals surface area contributed by atoms with Gasteiger partial charge < -0.3 is 4.90 Å². The van der Waals surface area contributed by atoms with Crippen molar-refractivity contribution in [3.8, 4) is 0 Å². The van der Waals surface area contributed by atoms with Crippen LogP contribution in [0.4, 0.5) is 0 Å². The zero-order valence-electron chi connectivity index (χ0n) is 11.2. The Hall–Kier alpha value is -0.510. The van der Waals surface area contributed by atoms with E-state index in [2.05, 4.69) is 0 Å². The molecule has 2 fully saturated rings. The molecule has 1 saturated carbocycles. The molecule has 1 aliphatic heterocycles. The predicted molar refractivity (Wildman–Crippen MR) is 74.7 cm³/mol. The van der Waals surface area contributed by atoms with E-state index in [9.17, 15) is 9.59 Å². The van der Waals surface area contributed by atoms with Crippen LogP contribution in [-0.4, -0.2) is 41.2 Å². The van der Waals surface area contributed by atoms with E-state index >= 15 is 0 Å². The van der Waals surface area contributed by atoms with Crippen LogP contribution in [0.1, 0.15) is 44.9 Å². The lowest BCUT2D eigenvalue weighted by Gasteiger charge is -2.32. The van der Waals surface area contributed by atoms with Crippen molar-refractivity contribution in [1.82, 2.24) is 4.90 Å². The first-order chi connectivity index (χ1) is 8.66. The Morgan fingerprint density at radius 1 is 1.22 bits per heavy atom. The second-order valence-electron chi connectivity index (χ2n) is 5.53. The number of amides is 1. The molecule has 18 heavy (non-hydrogen) atoms. The Morgan fingerprint density at radius 3 is 2.44 bits per heavy atom. The molecule has 1 saturated heterocycles. The van der Waals surface area contributed by atoms with E-state index in [0.717, 1.165) is 12.8 Å². The van der Waals surface area contributed by atoms with E-state index in [1.165, 1.54) is 24.3 Å². The van der Waals surface area contributed by atoms with Crippen molar-refractivity contribution in [3.05, 3.63) is 0 Å². The summed E-state index contributed by atoms with van der Waals surface area (Å²) in [5.74, 6) is 3.65. The summed E-state index contributed by atoms with van der Waals surface area (Å²) in [6.45, 7) is 0. The number of nitrogens with zero attached hydrogens (tertiary/aromatic N) is 1. The summed E-state index contributed by atoms with van der Waals surface area (Å²) >= 11 is 2.00. The number of hydrogen-bond donors (Lipinski definition) is 0. The van der Waals surface area contributed by atoms with Gasteiger partial charge in [0.05, 0.1) is 0 Å². The van der Waals surface area contributed by atoms with Gasteiger partial charge in [-0.1, -0.05) is 0 Å². The maximum Gasteiger partial charge on any atom is 0.222 e. The number of carbonyl (C=O) groups excluding carboxylic acids is 2. The van der Waals surface area contributed by atoms with Gasteiger partial charge in [-0.15, -0.1) is 0 Å². The summed E-state index contributed by atoms with van der Waals surface area (Å²) in [5, 5.41) is 0. The molecule has 1 heterocycles. The summed E-state index contributed by atoms with van der Waals surface area (Å²) < 4.78 is 0. The van der Waals surface area contributed by atoms with Gasteiger partial charge in [-0.05, 0) is 43.1 Å². The molecular formula is C14H23NO2S. The van der Waals surface area contributed by atoms with Gasteiger partial charge in [-0.3, -0.25) is 9.59 Å². The number of rotatable bonds is 3. The predicted octanol–water partition coefficient (Wildman–Crippen LogP) is 2.49. The Bertz CT molecular complexity index is 303. The van der Waals surface area contributed by atoms with Gasteiger partial charge >= 0.3 is 0 Å². The molecule has 0 bridgehead atoms. The second-order valence-corrected chi connectivity index (χ2v) is 6.76. The lowest BCUT2D eigenvalue weighted by Crippen LogP contribution is -2.40. The molecule has 1 aliphatic carbocycles. The standard InChI is InChI=1S/C14H23NO2S/c1-15(12-2-4-13(16)5-3-12)14(17)10-11-6-8-18-9-7-11/h11-12H,2-10H2,1H3. The fourth-order valence-corrected chi connectivity index (χ4v) is 4.06. The monoisotopic (exact) mass is 269 g/mol. The molecule has 0 radical (unpaired) electrons. The van der Waals surface area contributed by atoms with Crippen molar-refractivity contribution in [2.75, 3.05) is 18.6 Å². The van der Waals surface area contributed by atoms with Crippen LogP contribution in [0, 0.1) is 5.92 Å². The smallest absolute Gasteiger partial charge is 0.222 e. The molecule has 0 aromatic carbocycles. The molecule has 0 spiro atoms. The third-order valence-corrected chi connectivity index (χ3v) is 5.31. The summed E-state index contributed by atoms with van der Waals surface area (Å²) in [6.07, 6.45) is 6.12. The lowest BCUT2D eigenvalue weighted by atomic mass is 9.92. The minimum atomic E-state index is 0.284. The summed E-state index contributed by atoms with van der Waals surface area (Å²) in [7, 11) is 1.92. The Labute approximate surface area is 114 Å². The van der Waals surface area contributed by atoms with Crippen molar-refractivity contribution in [1.29, 1.82) is 0 Å². The molecule has 2 aliphatic rings. The average Bonchev–Trinajstić information content (AvgIpc) is 2.40. The van der Waals surface area contributed by atoms with Crippen LogP contribution in [-0.2, 0) is 9.59 Å². The number of ketones is 1. The molecule has 102 valence electrons. The van der Waals surface area contributed by atoms with E-state index in [-0.39, 0.29) is 5.91 Å². The Balaban J connectivity index is 1.78. The first kappa shape index (κ1) is 13.9. The lowest BCUT2D eigenvalue weighted by molar-refractivity contribution is -0.135. The summed E-state index contributed by atoms with van der Waals surface area (Å²) in [4.78, 5) is 25.3. The SMILES string of the molecule is CN(C(=O)CC1CCSCC1)C1CCC(=O)CC1. The van der Waals surface area contributed by atoms with Gasteiger partial charge in [0.2, 0.25) is 5.91 Å². The number of thioether (sulfide) groups is 1. The van der Waals surface area contributed by atoms with Gasteiger partial charge in [0.25, 0.3) is 0 Å². The highest BCUT2D eigenvalue weighted by atomic mass is 32.2. The highest BCUT2D eigenvalue weighted by Crippen LogP contribution is 2.27. The molecule has 0 aromatic rings. The van der Waals surface area contributed by atoms with E-state index in [1.807, 2.05) is 23.7 Å². The van der Waals surface area contributed by atoms with Crippen LogP contribution in [0.5, 0.6) is 0 Å². The fraction of sp³-hybridized carbons (Fsp3) is 0.857. The first-order valence-corrected chi connectivity index (χ1v) is 8.17. The number of hydrogen-bond acceptors (Lipinski definition) is 3. The number of Topliss-reactive ketones (excluding diaryl/α,β-unsaturated/α-hetero) is 1. The minimum absolute atomic E-state index is 0.284. The Kier molecular flexibility index (Phi) is 5.10. The summed E-state index contributed by atoms with van der Waals surface area (Å²) in [6, 6.07) is 0.299. The molecular weight excluding hydrogens is 246 g/mol. The maximum atomic E-state index is 12.2.